The van der Waals surface area contributed by atoms with Gasteiger partial charge in [0.25, 0.3) is 0 Å². The molecule has 10 heteroatoms. The van der Waals surface area contributed by atoms with Gasteiger partial charge in [-0.15, -0.1) is 0 Å². The first-order valence-corrected chi connectivity index (χ1v) is 9.92. The van der Waals surface area contributed by atoms with E-state index in [4.69, 9.17) is 4.52 Å². The predicted molar refractivity (Wildman–Crippen MR) is 87.2 cm³/mol. The number of hydrogen-bond donors (Lipinski definition) is 0. The standard InChI is InChI=1S/C17H16F3NO5S/c1-27(23,24)12-4-5-13(11(6-12)8-25-9-17(18,19)20)15(22)14-7-21-26-16(14)10-2-3-10/h4-7,10H,2-3,8-9H2,1H3. The zero-order chi connectivity index (χ0) is 19.8. The number of aromatic nitrogens is 1. The molecule has 0 atom stereocenters. The van der Waals surface area contributed by atoms with Crippen molar-refractivity contribution < 1.29 is 35.6 Å². The number of ketones is 1. The van der Waals surface area contributed by atoms with Crippen LogP contribution in [0.3, 0.4) is 0 Å². The SMILES string of the molecule is CS(=O)(=O)c1ccc(C(=O)c2cnoc2C2CC2)c(COCC(F)(F)F)c1. The number of ether oxygens (including phenoxy) is 1. The Morgan fingerprint density at radius 2 is 2.00 bits per heavy atom. The minimum Gasteiger partial charge on any atom is -0.367 e. The van der Waals surface area contributed by atoms with Crippen molar-refractivity contribution in [3.05, 3.63) is 46.8 Å². The van der Waals surface area contributed by atoms with E-state index in [0.29, 0.717) is 5.76 Å². The van der Waals surface area contributed by atoms with Gasteiger partial charge in [-0.05, 0) is 36.6 Å². The summed E-state index contributed by atoms with van der Waals surface area (Å²) in [6.45, 7) is -2.07. The summed E-state index contributed by atoms with van der Waals surface area (Å²) in [4.78, 5) is 12.8. The van der Waals surface area contributed by atoms with Crippen molar-refractivity contribution in [2.24, 2.45) is 0 Å². The molecule has 1 saturated carbocycles. The van der Waals surface area contributed by atoms with Crippen molar-refractivity contribution in [1.82, 2.24) is 5.16 Å². The minimum atomic E-state index is -4.54. The topological polar surface area (TPSA) is 86.5 Å². The Kier molecular flexibility index (Phi) is 5.13. The van der Waals surface area contributed by atoms with Crippen LogP contribution in [0.15, 0.2) is 33.8 Å². The van der Waals surface area contributed by atoms with E-state index >= 15 is 0 Å². The largest absolute Gasteiger partial charge is 0.411 e. The molecule has 146 valence electrons. The Hall–Kier alpha value is -2.20. The molecule has 1 aromatic heterocycles. The second-order valence-corrected chi connectivity index (χ2v) is 8.42. The van der Waals surface area contributed by atoms with E-state index in [1.165, 1.54) is 18.3 Å². The molecule has 27 heavy (non-hydrogen) atoms. The molecule has 0 spiro atoms. The average Bonchev–Trinajstić information content (AvgIpc) is 3.29. The third-order valence-electron chi connectivity index (χ3n) is 4.06. The molecule has 1 fully saturated rings. The molecular formula is C17H16F3NO5S. The highest BCUT2D eigenvalue weighted by molar-refractivity contribution is 7.90. The number of benzene rings is 1. The van der Waals surface area contributed by atoms with Gasteiger partial charge in [-0.1, -0.05) is 5.16 Å². The first kappa shape index (κ1) is 19.6. The number of rotatable bonds is 7. The fourth-order valence-electron chi connectivity index (χ4n) is 2.62. The van der Waals surface area contributed by atoms with Crippen LogP contribution < -0.4 is 0 Å². The van der Waals surface area contributed by atoms with Crippen molar-refractivity contribution in [2.45, 2.75) is 36.4 Å². The Labute approximate surface area is 153 Å². The monoisotopic (exact) mass is 403 g/mol. The van der Waals surface area contributed by atoms with Crippen molar-refractivity contribution in [2.75, 3.05) is 12.9 Å². The summed E-state index contributed by atoms with van der Waals surface area (Å²) in [6, 6.07) is 3.66. The molecule has 3 rings (SSSR count). The Morgan fingerprint density at radius 1 is 1.30 bits per heavy atom. The Bertz CT molecular complexity index is 961. The first-order chi connectivity index (χ1) is 12.6. The number of alkyl halides is 3. The molecule has 0 radical (unpaired) electrons. The van der Waals surface area contributed by atoms with Gasteiger partial charge in [0, 0.05) is 17.7 Å². The van der Waals surface area contributed by atoms with Crippen molar-refractivity contribution >= 4 is 15.6 Å². The maximum Gasteiger partial charge on any atom is 0.411 e. The highest BCUT2D eigenvalue weighted by Gasteiger charge is 2.33. The van der Waals surface area contributed by atoms with Crippen LogP contribution in [0.4, 0.5) is 13.2 Å². The van der Waals surface area contributed by atoms with Gasteiger partial charge in [-0.25, -0.2) is 8.42 Å². The fraction of sp³-hybridized carbons (Fsp3) is 0.412. The van der Waals surface area contributed by atoms with Gasteiger partial charge in [-0.2, -0.15) is 13.2 Å². The zero-order valence-corrected chi connectivity index (χ0v) is 15.1. The zero-order valence-electron chi connectivity index (χ0n) is 14.2. The van der Waals surface area contributed by atoms with Crippen LogP contribution in [0.1, 0.15) is 46.0 Å². The lowest BCUT2D eigenvalue weighted by Gasteiger charge is -2.12. The molecule has 1 aliphatic rings. The minimum absolute atomic E-state index is 0.0506. The summed E-state index contributed by atoms with van der Waals surface area (Å²) < 4.78 is 70.3. The number of sulfone groups is 1. The smallest absolute Gasteiger partial charge is 0.367 e. The number of carbonyl (C=O) groups is 1. The van der Waals surface area contributed by atoms with E-state index in [1.807, 2.05) is 0 Å². The maximum absolute atomic E-state index is 12.9. The summed E-state index contributed by atoms with van der Waals surface area (Å²) in [5.74, 6) is 0.0461. The first-order valence-electron chi connectivity index (χ1n) is 8.03. The van der Waals surface area contributed by atoms with Gasteiger partial charge in [-0.3, -0.25) is 4.79 Å². The number of halogens is 3. The summed E-state index contributed by atoms with van der Waals surface area (Å²) in [5.41, 5.74) is 0.325. The molecule has 1 aliphatic carbocycles. The molecule has 2 aromatic rings. The molecule has 0 amide bonds. The molecule has 0 N–H and O–H groups in total. The van der Waals surface area contributed by atoms with Gasteiger partial charge < -0.3 is 9.26 Å². The van der Waals surface area contributed by atoms with Crippen LogP contribution in [0.2, 0.25) is 0 Å². The van der Waals surface area contributed by atoms with E-state index in [1.54, 1.807) is 0 Å². The molecule has 0 saturated heterocycles. The molecule has 0 unspecified atom stereocenters. The van der Waals surface area contributed by atoms with Crippen molar-refractivity contribution in [1.29, 1.82) is 0 Å². The van der Waals surface area contributed by atoms with Crippen LogP contribution in [-0.4, -0.2) is 38.4 Å². The normalized spacial score (nSPS) is 15.1. The maximum atomic E-state index is 12.9. The second kappa shape index (κ2) is 7.08. The van der Waals surface area contributed by atoms with Crippen LogP contribution >= 0.6 is 0 Å². The fourth-order valence-corrected chi connectivity index (χ4v) is 3.29. The number of nitrogens with zero attached hydrogens (tertiary/aromatic N) is 1. The number of hydrogen-bond acceptors (Lipinski definition) is 6. The van der Waals surface area contributed by atoms with Gasteiger partial charge >= 0.3 is 6.18 Å². The average molecular weight is 403 g/mol. The van der Waals surface area contributed by atoms with E-state index in [-0.39, 0.29) is 27.5 Å². The van der Waals surface area contributed by atoms with Crippen LogP contribution in [0, 0.1) is 0 Å². The van der Waals surface area contributed by atoms with Gasteiger partial charge in [0.2, 0.25) is 0 Å². The lowest BCUT2D eigenvalue weighted by molar-refractivity contribution is -0.176. The molecule has 6 nitrogen and oxygen atoms in total. The van der Waals surface area contributed by atoms with Crippen molar-refractivity contribution in [3.63, 3.8) is 0 Å². The number of carbonyl (C=O) groups excluding carboxylic acids is 1. The van der Waals surface area contributed by atoms with Gasteiger partial charge in [0.1, 0.15) is 6.61 Å². The summed E-state index contributed by atoms with van der Waals surface area (Å²) in [5, 5.41) is 3.64. The summed E-state index contributed by atoms with van der Waals surface area (Å²) in [6.07, 6.45) is -0.573. The van der Waals surface area contributed by atoms with Crippen LogP contribution in [0.5, 0.6) is 0 Å². The molecule has 0 aliphatic heterocycles. The summed E-state index contributed by atoms with van der Waals surface area (Å²) in [7, 11) is -3.61. The van der Waals surface area contributed by atoms with Crippen LogP contribution in [0.25, 0.3) is 0 Å². The molecule has 1 aromatic carbocycles. The predicted octanol–water partition coefficient (Wildman–Crippen LogP) is 3.27. The molecule has 0 bridgehead atoms. The van der Waals surface area contributed by atoms with E-state index in [9.17, 15) is 26.4 Å². The highest BCUT2D eigenvalue weighted by Crippen LogP contribution is 2.42. The quantitative estimate of drug-likeness (QED) is 0.660. The van der Waals surface area contributed by atoms with E-state index in [0.717, 1.165) is 25.2 Å². The Balaban J connectivity index is 1.95. The van der Waals surface area contributed by atoms with Crippen molar-refractivity contribution in [3.8, 4) is 0 Å². The third kappa shape index (κ3) is 4.75. The summed E-state index contributed by atoms with van der Waals surface area (Å²) >= 11 is 0. The second-order valence-electron chi connectivity index (χ2n) is 6.41. The molecule has 1 heterocycles. The van der Waals surface area contributed by atoms with Gasteiger partial charge in [0.05, 0.1) is 23.3 Å². The third-order valence-corrected chi connectivity index (χ3v) is 5.17. The van der Waals surface area contributed by atoms with E-state index < -0.39 is 35.0 Å². The van der Waals surface area contributed by atoms with E-state index in [2.05, 4.69) is 9.89 Å². The lowest BCUT2D eigenvalue weighted by atomic mass is 9.98. The molecular weight excluding hydrogens is 387 g/mol. The highest BCUT2D eigenvalue weighted by atomic mass is 32.2. The van der Waals surface area contributed by atoms with Gasteiger partial charge in [0.15, 0.2) is 21.4 Å². The van der Waals surface area contributed by atoms with Crippen LogP contribution in [-0.2, 0) is 21.2 Å². The Morgan fingerprint density at radius 3 is 2.59 bits per heavy atom. The lowest BCUT2D eigenvalue weighted by Crippen LogP contribution is -2.18.